The van der Waals surface area contributed by atoms with Gasteiger partial charge in [-0.15, -0.1) is 0 Å². The van der Waals surface area contributed by atoms with Gasteiger partial charge in [0.05, 0.1) is 12.8 Å². The number of nitrogens with zero attached hydrogens (tertiary/aromatic N) is 2. The molecule has 1 N–H and O–H groups in total. The topological polar surface area (TPSA) is 60.2 Å². The Morgan fingerprint density at radius 3 is 2.50 bits per heavy atom. The molecule has 24 heavy (non-hydrogen) atoms. The molecule has 0 fully saturated rings. The summed E-state index contributed by atoms with van der Waals surface area (Å²) in [4.78, 5) is 4.07. The van der Waals surface area contributed by atoms with Gasteiger partial charge in [0.1, 0.15) is 11.5 Å². The van der Waals surface area contributed by atoms with E-state index in [0.29, 0.717) is 13.1 Å². The van der Waals surface area contributed by atoms with Crippen molar-refractivity contribution in [1.82, 2.24) is 15.5 Å². The molecule has 0 saturated carbocycles. The van der Waals surface area contributed by atoms with E-state index in [1.807, 2.05) is 32.0 Å². The van der Waals surface area contributed by atoms with Crippen LogP contribution in [0.3, 0.4) is 0 Å². The van der Waals surface area contributed by atoms with E-state index >= 15 is 0 Å². The van der Waals surface area contributed by atoms with Gasteiger partial charge in [0.2, 0.25) is 0 Å². The molecule has 0 atom stereocenters. The molecule has 0 radical (unpaired) electrons. The summed E-state index contributed by atoms with van der Waals surface area (Å²) in [5, 5.41) is 7.43. The second-order valence-corrected chi connectivity index (χ2v) is 5.67. The third-order valence-corrected chi connectivity index (χ3v) is 4.09. The van der Waals surface area contributed by atoms with Crippen molar-refractivity contribution in [2.45, 2.75) is 26.9 Å². The Morgan fingerprint density at radius 2 is 1.83 bits per heavy atom. The van der Waals surface area contributed by atoms with Crippen molar-refractivity contribution >= 4 is 0 Å². The number of hydrogen-bond donors (Lipinski definition) is 1. The second kappa shape index (κ2) is 7.27. The van der Waals surface area contributed by atoms with Crippen LogP contribution in [0.15, 0.2) is 47.2 Å². The number of nitrogens with one attached hydrogen (secondary N) is 1. The maximum Gasteiger partial charge on any atom is 0.138 e. The Bertz CT molecular complexity index is 793. The number of benzene rings is 1. The van der Waals surface area contributed by atoms with E-state index in [1.54, 1.807) is 19.5 Å². The van der Waals surface area contributed by atoms with Crippen molar-refractivity contribution in [1.29, 1.82) is 0 Å². The van der Waals surface area contributed by atoms with E-state index in [4.69, 9.17) is 9.26 Å². The molecule has 0 spiro atoms. The van der Waals surface area contributed by atoms with E-state index in [0.717, 1.165) is 39.5 Å². The van der Waals surface area contributed by atoms with Gasteiger partial charge >= 0.3 is 0 Å². The van der Waals surface area contributed by atoms with Crippen LogP contribution in [0.4, 0.5) is 0 Å². The molecular formula is C19H21N3O2. The largest absolute Gasteiger partial charge is 0.496 e. The molecule has 5 heteroatoms. The van der Waals surface area contributed by atoms with Crippen LogP contribution < -0.4 is 10.1 Å². The quantitative estimate of drug-likeness (QED) is 0.750. The van der Waals surface area contributed by atoms with E-state index in [-0.39, 0.29) is 0 Å². The molecule has 0 unspecified atom stereocenters. The van der Waals surface area contributed by atoms with E-state index in [1.165, 1.54) is 0 Å². The van der Waals surface area contributed by atoms with Crippen LogP contribution in [0.1, 0.15) is 22.6 Å². The molecule has 0 saturated heterocycles. The molecule has 2 aromatic heterocycles. The first kappa shape index (κ1) is 16.2. The molecule has 3 rings (SSSR count). The van der Waals surface area contributed by atoms with Crippen molar-refractivity contribution in [2.75, 3.05) is 7.11 Å². The third-order valence-electron chi connectivity index (χ3n) is 4.09. The first-order valence-corrected chi connectivity index (χ1v) is 7.89. The summed E-state index contributed by atoms with van der Waals surface area (Å²) in [6.45, 7) is 5.30. The zero-order valence-electron chi connectivity index (χ0n) is 14.2. The van der Waals surface area contributed by atoms with Gasteiger partial charge in [0.25, 0.3) is 0 Å². The van der Waals surface area contributed by atoms with Crippen molar-refractivity contribution in [3.05, 3.63) is 65.3 Å². The fourth-order valence-corrected chi connectivity index (χ4v) is 2.72. The first-order chi connectivity index (χ1) is 11.7. The van der Waals surface area contributed by atoms with Crippen LogP contribution in [0.25, 0.3) is 11.1 Å². The monoisotopic (exact) mass is 323 g/mol. The fourth-order valence-electron chi connectivity index (χ4n) is 2.72. The predicted octanol–water partition coefficient (Wildman–Crippen LogP) is 3.65. The lowest BCUT2D eigenvalue weighted by Crippen LogP contribution is -2.14. The molecule has 124 valence electrons. The number of methoxy groups -OCH3 is 1. The normalized spacial score (nSPS) is 10.8. The predicted molar refractivity (Wildman–Crippen MR) is 92.7 cm³/mol. The van der Waals surface area contributed by atoms with E-state index in [9.17, 15) is 0 Å². The molecule has 1 aromatic carbocycles. The third kappa shape index (κ3) is 3.46. The van der Waals surface area contributed by atoms with Crippen LogP contribution in [-0.2, 0) is 13.1 Å². The summed E-state index contributed by atoms with van der Waals surface area (Å²) in [5.41, 5.74) is 5.43. The molecule has 2 heterocycles. The van der Waals surface area contributed by atoms with Gasteiger partial charge < -0.3 is 14.6 Å². The number of aromatic nitrogens is 2. The summed E-state index contributed by atoms with van der Waals surface area (Å²) in [7, 11) is 1.69. The summed E-state index contributed by atoms with van der Waals surface area (Å²) in [6, 6.07) is 10.2. The maximum atomic E-state index is 5.49. The Balaban J connectivity index is 1.76. The van der Waals surface area contributed by atoms with E-state index in [2.05, 4.69) is 27.6 Å². The molecule has 3 aromatic rings. The molecule has 0 aliphatic heterocycles. The van der Waals surface area contributed by atoms with Gasteiger partial charge in [-0.3, -0.25) is 4.98 Å². The van der Waals surface area contributed by atoms with Crippen LogP contribution in [-0.4, -0.2) is 17.3 Å². The Kier molecular flexibility index (Phi) is 4.91. The van der Waals surface area contributed by atoms with Gasteiger partial charge in [0, 0.05) is 36.6 Å². The van der Waals surface area contributed by atoms with Crippen molar-refractivity contribution in [3.63, 3.8) is 0 Å². The van der Waals surface area contributed by atoms with Crippen LogP contribution in [0, 0.1) is 13.8 Å². The lowest BCUT2D eigenvalue weighted by Gasteiger charge is -2.12. The number of pyridine rings is 1. The lowest BCUT2D eigenvalue weighted by atomic mass is 10.0. The second-order valence-electron chi connectivity index (χ2n) is 5.67. The number of ether oxygens (including phenoxy) is 1. The average Bonchev–Trinajstić information content (AvgIpc) is 2.94. The highest BCUT2D eigenvalue weighted by Crippen LogP contribution is 2.26. The highest BCUT2D eigenvalue weighted by atomic mass is 16.5. The summed E-state index contributed by atoms with van der Waals surface area (Å²) < 4.78 is 10.7. The molecular weight excluding hydrogens is 302 g/mol. The first-order valence-electron chi connectivity index (χ1n) is 7.89. The van der Waals surface area contributed by atoms with Crippen LogP contribution in [0.2, 0.25) is 0 Å². The van der Waals surface area contributed by atoms with Gasteiger partial charge in [-0.2, -0.15) is 0 Å². The van der Waals surface area contributed by atoms with Gasteiger partial charge in [-0.25, -0.2) is 0 Å². The summed E-state index contributed by atoms with van der Waals surface area (Å²) in [5.74, 6) is 1.73. The fraction of sp³-hybridized carbons (Fsp3) is 0.263. The summed E-state index contributed by atoms with van der Waals surface area (Å²) >= 11 is 0. The highest BCUT2D eigenvalue weighted by Gasteiger charge is 2.10. The van der Waals surface area contributed by atoms with Crippen LogP contribution >= 0.6 is 0 Å². The van der Waals surface area contributed by atoms with Crippen LogP contribution in [0.5, 0.6) is 5.75 Å². The Labute approximate surface area is 141 Å². The van der Waals surface area contributed by atoms with Crippen molar-refractivity contribution in [3.8, 4) is 16.9 Å². The smallest absolute Gasteiger partial charge is 0.138 e. The minimum Gasteiger partial charge on any atom is -0.496 e. The Morgan fingerprint density at radius 1 is 1.04 bits per heavy atom. The minimum absolute atomic E-state index is 0.701. The molecule has 0 amide bonds. The number of aryl methyl sites for hydroxylation is 2. The van der Waals surface area contributed by atoms with Crippen molar-refractivity contribution in [2.24, 2.45) is 0 Å². The SMILES string of the molecule is COc1ccc(-c2ccncc2)cc1CNCc1c(C)noc1C. The Hall–Kier alpha value is -2.66. The number of hydrogen-bond acceptors (Lipinski definition) is 5. The van der Waals surface area contributed by atoms with Crippen molar-refractivity contribution < 1.29 is 9.26 Å². The molecule has 5 nitrogen and oxygen atoms in total. The zero-order chi connectivity index (χ0) is 16.9. The van der Waals surface area contributed by atoms with Gasteiger partial charge in [-0.05, 0) is 49.2 Å². The highest BCUT2D eigenvalue weighted by molar-refractivity contribution is 5.65. The van der Waals surface area contributed by atoms with E-state index < -0.39 is 0 Å². The lowest BCUT2D eigenvalue weighted by molar-refractivity contribution is 0.391. The molecule has 0 aliphatic carbocycles. The standard InChI is InChI=1S/C19H21N3O2/c1-13-18(14(2)24-22-13)12-21-11-17-10-16(4-5-19(17)23-3)15-6-8-20-9-7-15/h4-10,21H,11-12H2,1-3H3. The molecule has 0 bridgehead atoms. The molecule has 0 aliphatic rings. The maximum absolute atomic E-state index is 5.49. The average molecular weight is 323 g/mol. The van der Waals surface area contributed by atoms with Gasteiger partial charge in [-0.1, -0.05) is 11.2 Å². The zero-order valence-corrected chi connectivity index (χ0v) is 14.2. The summed E-state index contributed by atoms with van der Waals surface area (Å²) in [6.07, 6.45) is 3.60. The minimum atomic E-state index is 0.701. The van der Waals surface area contributed by atoms with Gasteiger partial charge in [0.15, 0.2) is 0 Å². The number of rotatable bonds is 6.